The second-order valence-corrected chi connectivity index (χ2v) is 4.57. The van der Waals surface area contributed by atoms with E-state index in [9.17, 15) is 14.7 Å². The van der Waals surface area contributed by atoms with Crippen molar-refractivity contribution in [2.75, 3.05) is 0 Å². The molecule has 0 bridgehead atoms. The SMILES string of the molecule is NC(=O)C(NC(=O)[C@H](O)c1ccccc1)c1ccccc1. The summed E-state index contributed by atoms with van der Waals surface area (Å²) >= 11 is 0. The second kappa shape index (κ2) is 6.67. The number of nitrogens with one attached hydrogen (secondary N) is 1. The van der Waals surface area contributed by atoms with Crippen LogP contribution in [0, 0.1) is 0 Å². The van der Waals surface area contributed by atoms with E-state index in [0.717, 1.165) is 0 Å². The quantitative estimate of drug-likeness (QED) is 0.766. The van der Waals surface area contributed by atoms with Crippen molar-refractivity contribution in [2.45, 2.75) is 12.1 Å². The molecule has 0 heterocycles. The van der Waals surface area contributed by atoms with Gasteiger partial charge in [-0.25, -0.2) is 0 Å². The fraction of sp³-hybridized carbons (Fsp3) is 0.125. The molecular weight excluding hydrogens is 268 g/mol. The van der Waals surface area contributed by atoms with Crippen LogP contribution in [0.15, 0.2) is 60.7 Å². The molecule has 5 heteroatoms. The first kappa shape index (κ1) is 14.7. The minimum Gasteiger partial charge on any atom is -0.378 e. The Bertz CT molecular complexity index is 614. The largest absolute Gasteiger partial charge is 0.378 e. The van der Waals surface area contributed by atoms with E-state index in [2.05, 4.69) is 5.32 Å². The van der Waals surface area contributed by atoms with E-state index in [4.69, 9.17) is 5.73 Å². The van der Waals surface area contributed by atoms with Gasteiger partial charge < -0.3 is 16.2 Å². The van der Waals surface area contributed by atoms with Crippen LogP contribution in [0.25, 0.3) is 0 Å². The van der Waals surface area contributed by atoms with Crippen LogP contribution in [-0.2, 0) is 9.59 Å². The smallest absolute Gasteiger partial charge is 0.254 e. The number of benzene rings is 2. The highest BCUT2D eigenvalue weighted by molar-refractivity contribution is 5.89. The van der Waals surface area contributed by atoms with E-state index in [-0.39, 0.29) is 0 Å². The molecule has 5 nitrogen and oxygen atoms in total. The van der Waals surface area contributed by atoms with Crippen LogP contribution in [0.1, 0.15) is 23.3 Å². The molecule has 2 rings (SSSR count). The Morgan fingerprint density at radius 3 is 1.86 bits per heavy atom. The zero-order valence-electron chi connectivity index (χ0n) is 11.3. The lowest BCUT2D eigenvalue weighted by Gasteiger charge is -2.18. The molecule has 2 atom stereocenters. The highest BCUT2D eigenvalue weighted by atomic mass is 16.3. The molecule has 2 aromatic carbocycles. The van der Waals surface area contributed by atoms with Crippen LogP contribution in [0.2, 0.25) is 0 Å². The summed E-state index contributed by atoms with van der Waals surface area (Å²) in [6.45, 7) is 0. The Kier molecular flexibility index (Phi) is 4.68. The average molecular weight is 284 g/mol. The Balaban J connectivity index is 2.14. The maximum Gasteiger partial charge on any atom is 0.254 e. The van der Waals surface area contributed by atoms with Gasteiger partial charge in [0, 0.05) is 0 Å². The van der Waals surface area contributed by atoms with Gasteiger partial charge in [0.1, 0.15) is 6.04 Å². The van der Waals surface area contributed by atoms with Crippen molar-refractivity contribution in [3.05, 3.63) is 71.8 Å². The number of carbonyl (C=O) groups is 2. The Morgan fingerprint density at radius 2 is 1.38 bits per heavy atom. The van der Waals surface area contributed by atoms with Crippen LogP contribution in [0.5, 0.6) is 0 Å². The Labute approximate surface area is 122 Å². The van der Waals surface area contributed by atoms with Crippen molar-refractivity contribution in [3.8, 4) is 0 Å². The van der Waals surface area contributed by atoms with Crippen molar-refractivity contribution >= 4 is 11.8 Å². The number of carbonyl (C=O) groups excluding carboxylic acids is 2. The monoisotopic (exact) mass is 284 g/mol. The molecule has 0 saturated carbocycles. The van der Waals surface area contributed by atoms with Gasteiger partial charge >= 0.3 is 0 Å². The molecule has 0 saturated heterocycles. The van der Waals surface area contributed by atoms with Crippen molar-refractivity contribution in [1.29, 1.82) is 0 Å². The summed E-state index contributed by atoms with van der Waals surface area (Å²) in [5, 5.41) is 12.5. The number of nitrogens with two attached hydrogens (primary N) is 1. The third-order valence-electron chi connectivity index (χ3n) is 3.07. The third kappa shape index (κ3) is 3.67. The van der Waals surface area contributed by atoms with E-state index >= 15 is 0 Å². The number of aliphatic hydroxyl groups is 1. The van der Waals surface area contributed by atoms with Crippen LogP contribution < -0.4 is 11.1 Å². The lowest BCUT2D eigenvalue weighted by Crippen LogP contribution is -2.39. The number of primary amides is 1. The molecule has 0 aliphatic rings. The molecule has 0 fully saturated rings. The number of hydrogen-bond acceptors (Lipinski definition) is 3. The van der Waals surface area contributed by atoms with E-state index in [1.807, 2.05) is 0 Å². The summed E-state index contributed by atoms with van der Waals surface area (Å²) in [5.41, 5.74) is 6.34. The molecule has 0 spiro atoms. The molecule has 2 aromatic rings. The van der Waals surface area contributed by atoms with Gasteiger partial charge in [-0.3, -0.25) is 9.59 Å². The summed E-state index contributed by atoms with van der Waals surface area (Å²) in [5.74, 6) is -1.36. The van der Waals surface area contributed by atoms with Crippen LogP contribution >= 0.6 is 0 Å². The lowest BCUT2D eigenvalue weighted by atomic mass is 10.0. The Morgan fingerprint density at radius 1 is 0.905 bits per heavy atom. The normalized spacial score (nSPS) is 13.2. The van der Waals surface area contributed by atoms with Crippen molar-refractivity contribution < 1.29 is 14.7 Å². The second-order valence-electron chi connectivity index (χ2n) is 4.57. The molecule has 1 unspecified atom stereocenters. The fourth-order valence-electron chi connectivity index (χ4n) is 1.97. The molecular formula is C16H16N2O3. The van der Waals surface area contributed by atoms with Crippen molar-refractivity contribution in [2.24, 2.45) is 5.73 Å². The first-order chi connectivity index (χ1) is 10.1. The fourth-order valence-corrected chi connectivity index (χ4v) is 1.97. The molecule has 108 valence electrons. The molecule has 0 aromatic heterocycles. The summed E-state index contributed by atoms with van der Waals surface area (Å²) in [6, 6.07) is 16.1. The van der Waals surface area contributed by atoms with Gasteiger partial charge in [0.2, 0.25) is 5.91 Å². The maximum absolute atomic E-state index is 12.1. The van der Waals surface area contributed by atoms with Crippen molar-refractivity contribution in [1.82, 2.24) is 5.32 Å². The summed E-state index contributed by atoms with van der Waals surface area (Å²) in [6.07, 6.45) is -1.35. The first-order valence-corrected chi connectivity index (χ1v) is 6.47. The van der Waals surface area contributed by atoms with Gasteiger partial charge in [-0.1, -0.05) is 60.7 Å². The van der Waals surface area contributed by atoms with Gasteiger partial charge in [0.25, 0.3) is 5.91 Å². The van der Waals surface area contributed by atoms with Crippen molar-refractivity contribution in [3.63, 3.8) is 0 Å². The van der Waals surface area contributed by atoms with Gasteiger partial charge in [-0.2, -0.15) is 0 Å². The van der Waals surface area contributed by atoms with Crippen LogP contribution in [0.3, 0.4) is 0 Å². The van der Waals surface area contributed by atoms with E-state index in [0.29, 0.717) is 11.1 Å². The van der Waals surface area contributed by atoms with Gasteiger partial charge in [0.15, 0.2) is 6.10 Å². The predicted octanol–water partition coefficient (Wildman–Crippen LogP) is 1.06. The zero-order valence-corrected chi connectivity index (χ0v) is 11.3. The minimum atomic E-state index is -1.35. The lowest BCUT2D eigenvalue weighted by molar-refractivity contribution is -0.133. The number of hydrogen-bond donors (Lipinski definition) is 3. The predicted molar refractivity (Wildman–Crippen MR) is 77.9 cm³/mol. The van der Waals surface area contributed by atoms with Gasteiger partial charge in [-0.05, 0) is 11.1 Å². The zero-order chi connectivity index (χ0) is 15.2. The number of rotatable bonds is 5. The van der Waals surface area contributed by atoms with E-state index in [1.54, 1.807) is 60.7 Å². The number of aliphatic hydroxyl groups excluding tert-OH is 1. The van der Waals surface area contributed by atoms with Gasteiger partial charge in [-0.15, -0.1) is 0 Å². The highest BCUT2D eigenvalue weighted by Gasteiger charge is 2.24. The average Bonchev–Trinajstić information content (AvgIpc) is 2.53. The molecule has 0 aliphatic carbocycles. The standard InChI is InChI=1S/C16H16N2O3/c17-15(20)13(11-7-3-1-4-8-11)18-16(21)14(19)12-9-5-2-6-10-12/h1-10,13-14,19H,(H2,17,20)(H,18,21)/t13?,14-/m1/s1. The molecule has 21 heavy (non-hydrogen) atoms. The summed E-state index contributed by atoms with van der Waals surface area (Å²) in [4.78, 5) is 23.6. The van der Waals surface area contributed by atoms with E-state index in [1.165, 1.54) is 0 Å². The maximum atomic E-state index is 12.1. The minimum absolute atomic E-state index is 0.450. The first-order valence-electron chi connectivity index (χ1n) is 6.47. The number of amides is 2. The van der Waals surface area contributed by atoms with Crippen LogP contribution in [-0.4, -0.2) is 16.9 Å². The highest BCUT2D eigenvalue weighted by Crippen LogP contribution is 2.16. The molecule has 4 N–H and O–H groups in total. The third-order valence-corrected chi connectivity index (χ3v) is 3.07. The molecule has 2 amide bonds. The van der Waals surface area contributed by atoms with Crippen LogP contribution in [0.4, 0.5) is 0 Å². The summed E-state index contributed by atoms with van der Waals surface area (Å²) in [7, 11) is 0. The Hall–Kier alpha value is -2.66. The summed E-state index contributed by atoms with van der Waals surface area (Å²) < 4.78 is 0. The van der Waals surface area contributed by atoms with E-state index < -0.39 is 24.0 Å². The van der Waals surface area contributed by atoms with Gasteiger partial charge in [0.05, 0.1) is 0 Å². The molecule has 0 aliphatic heterocycles. The molecule has 0 radical (unpaired) electrons. The topological polar surface area (TPSA) is 92.4 Å².